The highest BCUT2D eigenvalue weighted by molar-refractivity contribution is 5.75. The second-order valence-corrected chi connectivity index (χ2v) is 7.83. The number of benzene rings is 1. The molecule has 132 valence electrons. The molecule has 0 saturated heterocycles. The number of carbonyl (C=O) groups excluding carboxylic acids is 1. The Morgan fingerprint density at radius 2 is 2.04 bits per heavy atom. The highest BCUT2D eigenvalue weighted by atomic mass is 16.1. The van der Waals surface area contributed by atoms with E-state index >= 15 is 0 Å². The second kappa shape index (κ2) is 8.15. The molecular formula is C21H32N2O. The van der Waals surface area contributed by atoms with E-state index in [0.717, 1.165) is 31.8 Å². The number of rotatable bonds is 5. The predicted molar refractivity (Wildman–Crippen MR) is 99.0 cm³/mol. The van der Waals surface area contributed by atoms with Gasteiger partial charge in [0.05, 0.1) is 0 Å². The van der Waals surface area contributed by atoms with Gasteiger partial charge in [-0.15, -0.1) is 0 Å². The molecule has 1 heterocycles. The van der Waals surface area contributed by atoms with Crippen molar-refractivity contribution in [2.24, 2.45) is 5.92 Å². The Balaban J connectivity index is 1.46. The van der Waals surface area contributed by atoms with Gasteiger partial charge in [0.1, 0.15) is 0 Å². The summed E-state index contributed by atoms with van der Waals surface area (Å²) in [4.78, 5) is 14.6. The van der Waals surface area contributed by atoms with Crippen LogP contribution in [0.2, 0.25) is 0 Å². The maximum atomic E-state index is 12.2. The van der Waals surface area contributed by atoms with Crippen LogP contribution in [0.15, 0.2) is 18.2 Å². The topological polar surface area (TPSA) is 32.3 Å². The maximum Gasteiger partial charge on any atom is 0.220 e. The number of carbonyl (C=O) groups is 1. The third kappa shape index (κ3) is 4.38. The van der Waals surface area contributed by atoms with E-state index in [2.05, 4.69) is 42.4 Å². The molecule has 2 aliphatic rings. The van der Waals surface area contributed by atoms with Crippen molar-refractivity contribution in [3.05, 3.63) is 34.9 Å². The molecule has 1 aromatic carbocycles. The van der Waals surface area contributed by atoms with Gasteiger partial charge in [0.2, 0.25) is 5.91 Å². The average Bonchev–Trinajstić information content (AvgIpc) is 2.59. The summed E-state index contributed by atoms with van der Waals surface area (Å²) in [5.41, 5.74) is 4.31. The van der Waals surface area contributed by atoms with Crippen LogP contribution in [-0.2, 0) is 17.8 Å². The SMILES string of the molecule is Cc1cccc2c1C[C@H](CNC(=O)CCC1CCCCC1)N(C)C2. The molecule has 1 N–H and O–H groups in total. The summed E-state index contributed by atoms with van der Waals surface area (Å²) in [6.07, 6.45) is 9.59. The minimum absolute atomic E-state index is 0.240. The molecule has 1 fully saturated rings. The van der Waals surface area contributed by atoms with Crippen LogP contribution in [0.4, 0.5) is 0 Å². The fourth-order valence-corrected chi connectivity index (χ4v) is 4.35. The van der Waals surface area contributed by atoms with Crippen molar-refractivity contribution >= 4 is 5.91 Å². The minimum Gasteiger partial charge on any atom is -0.355 e. The van der Waals surface area contributed by atoms with E-state index in [-0.39, 0.29) is 5.91 Å². The van der Waals surface area contributed by atoms with Crippen LogP contribution in [0.5, 0.6) is 0 Å². The standard InChI is InChI=1S/C21H32N2O/c1-16-7-6-10-18-15-23(2)19(13-20(16)18)14-22-21(24)12-11-17-8-4-3-5-9-17/h6-7,10,17,19H,3-5,8-9,11-15H2,1-2H3,(H,22,24)/t19-/m1/s1. The van der Waals surface area contributed by atoms with Crippen LogP contribution >= 0.6 is 0 Å². The zero-order valence-corrected chi connectivity index (χ0v) is 15.3. The van der Waals surface area contributed by atoms with E-state index in [1.54, 1.807) is 0 Å². The van der Waals surface area contributed by atoms with Gasteiger partial charge in [-0.2, -0.15) is 0 Å². The van der Waals surface area contributed by atoms with E-state index in [4.69, 9.17) is 0 Å². The minimum atomic E-state index is 0.240. The third-order valence-corrected chi connectivity index (χ3v) is 6.03. The lowest BCUT2D eigenvalue weighted by molar-refractivity contribution is -0.121. The fourth-order valence-electron chi connectivity index (χ4n) is 4.35. The lowest BCUT2D eigenvalue weighted by atomic mass is 9.86. The maximum absolute atomic E-state index is 12.2. The van der Waals surface area contributed by atoms with Gasteiger partial charge in [-0.3, -0.25) is 9.69 Å². The summed E-state index contributed by atoms with van der Waals surface area (Å²) in [5, 5.41) is 3.19. The first-order valence-electron chi connectivity index (χ1n) is 9.68. The molecule has 24 heavy (non-hydrogen) atoms. The quantitative estimate of drug-likeness (QED) is 0.891. The molecule has 0 spiro atoms. The van der Waals surface area contributed by atoms with Crippen LogP contribution in [-0.4, -0.2) is 30.4 Å². The highest BCUT2D eigenvalue weighted by Crippen LogP contribution is 2.27. The van der Waals surface area contributed by atoms with Crippen molar-refractivity contribution in [3.63, 3.8) is 0 Å². The summed E-state index contributed by atoms with van der Waals surface area (Å²) in [5.74, 6) is 1.03. The van der Waals surface area contributed by atoms with Gasteiger partial charge in [0, 0.05) is 25.6 Å². The van der Waals surface area contributed by atoms with Crippen molar-refractivity contribution in [3.8, 4) is 0 Å². The molecule has 1 aromatic rings. The van der Waals surface area contributed by atoms with Crippen LogP contribution in [0.3, 0.4) is 0 Å². The number of nitrogens with zero attached hydrogens (tertiary/aromatic N) is 1. The fraction of sp³-hybridized carbons (Fsp3) is 0.667. The summed E-state index contributed by atoms with van der Waals surface area (Å²) in [6, 6.07) is 6.99. The number of hydrogen-bond acceptors (Lipinski definition) is 2. The van der Waals surface area contributed by atoms with Gasteiger partial charge in [0.15, 0.2) is 0 Å². The average molecular weight is 329 g/mol. The van der Waals surface area contributed by atoms with Crippen LogP contribution in [0, 0.1) is 12.8 Å². The number of likely N-dealkylation sites (N-methyl/N-ethyl adjacent to an activating group) is 1. The van der Waals surface area contributed by atoms with Crippen molar-refractivity contribution in [1.82, 2.24) is 10.2 Å². The Morgan fingerprint density at radius 1 is 1.25 bits per heavy atom. The lowest BCUT2D eigenvalue weighted by Crippen LogP contribution is -2.45. The van der Waals surface area contributed by atoms with Gasteiger partial charge in [0.25, 0.3) is 0 Å². The predicted octanol–water partition coefficient (Wildman–Crippen LogP) is 3.83. The Morgan fingerprint density at radius 3 is 2.83 bits per heavy atom. The van der Waals surface area contributed by atoms with Crippen LogP contribution in [0.25, 0.3) is 0 Å². The molecule has 1 aliphatic carbocycles. The second-order valence-electron chi connectivity index (χ2n) is 7.83. The van der Waals surface area contributed by atoms with Crippen molar-refractivity contribution < 1.29 is 4.79 Å². The van der Waals surface area contributed by atoms with Crippen LogP contribution in [0.1, 0.15) is 61.6 Å². The Hall–Kier alpha value is -1.35. The number of nitrogens with one attached hydrogen (secondary N) is 1. The molecule has 1 aliphatic heterocycles. The zero-order valence-electron chi connectivity index (χ0n) is 15.3. The molecule has 0 bridgehead atoms. The monoisotopic (exact) mass is 328 g/mol. The van der Waals surface area contributed by atoms with Crippen LogP contribution < -0.4 is 5.32 Å². The Kier molecular flexibility index (Phi) is 5.94. The van der Waals surface area contributed by atoms with Gasteiger partial charge >= 0.3 is 0 Å². The molecular weight excluding hydrogens is 296 g/mol. The first-order valence-corrected chi connectivity index (χ1v) is 9.68. The first kappa shape index (κ1) is 17.5. The molecule has 0 radical (unpaired) electrons. The van der Waals surface area contributed by atoms with Crippen molar-refractivity contribution in [2.45, 2.75) is 70.9 Å². The Labute approximate surface area is 146 Å². The number of hydrogen-bond donors (Lipinski definition) is 1. The summed E-state index contributed by atoms with van der Waals surface area (Å²) in [7, 11) is 2.17. The van der Waals surface area contributed by atoms with E-state index in [1.165, 1.54) is 48.8 Å². The molecule has 3 heteroatoms. The zero-order chi connectivity index (χ0) is 16.9. The smallest absolute Gasteiger partial charge is 0.220 e. The number of amides is 1. The van der Waals surface area contributed by atoms with E-state index in [9.17, 15) is 4.79 Å². The van der Waals surface area contributed by atoms with Gasteiger partial charge in [-0.05, 0) is 49.4 Å². The number of aryl methyl sites for hydroxylation is 1. The highest BCUT2D eigenvalue weighted by Gasteiger charge is 2.24. The van der Waals surface area contributed by atoms with Gasteiger partial charge < -0.3 is 5.32 Å². The summed E-state index contributed by atoms with van der Waals surface area (Å²) < 4.78 is 0. The van der Waals surface area contributed by atoms with E-state index < -0.39 is 0 Å². The molecule has 0 unspecified atom stereocenters. The van der Waals surface area contributed by atoms with E-state index in [0.29, 0.717) is 12.5 Å². The normalized spacial score (nSPS) is 22.2. The molecule has 1 amide bonds. The molecule has 3 rings (SSSR count). The van der Waals surface area contributed by atoms with Crippen molar-refractivity contribution in [1.29, 1.82) is 0 Å². The summed E-state index contributed by atoms with van der Waals surface area (Å²) >= 11 is 0. The van der Waals surface area contributed by atoms with E-state index in [1.807, 2.05) is 0 Å². The molecule has 1 atom stereocenters. The first-order chi connectivity index (χ1) is 11.6. The lowest BCUT2D eigenvalue weighted by Gasteiger charge is -2.35. The van der Waals surface area contributed by atoms with Gasteiger partial charge in [-0.25, -0.2) is 0 Å². The molecule has 3 nitrogen and oxygen atoms in total. The third-order valence-electron chi connectivity index (χ3n) is 6.03. The number of fused-ring (bicyclic) bond motifs is 1. The van der Waals surface area contributed by atoms with Crippen molar-refractivity contribution in [2.75, 3.05) is 13.6 Å². The van der Waals surface area contributed by atoms with Gasteiger partial charge in [-0.1, -0.05) is 50.3 Å². The summed E-state index contributed by atoms with van der Waals surface area (Å²) in [6.45, 7) is 3.96. The molecule has 0 aromatic heterocycles. The Bertz CT molecular complexity index is 563. The largest absolute Gasteiger partial charge is 0.355 e. The molecule has 1 saturated carbocycles.